The molecule has 34 heavy (non-hydrogen) atoms. The molecule has 0 saturated heterocycles. The van der Waals surface area contributed by atoms with Crippen molar-refractivity contribution in [1.29, 1.82) is 0 Å². The SMILES string of the molecule is COC(=O)c1nc(NCC(c2ccccc2)c2ccccc2)c2ncn(C3(O)C=CCC3)c2n1. The van der Waals surface area contributed by atoms with Gasteiger partial charge in [-0.1, -0.05) is 66.7 Å². The van der Waals surface area contributed by atoms with Gasteiger partial charge >= 0.3 is 5.97 Å². The zero-order chi connectivity index (χ0) is 23.5. The fraction of sp³-hybridized carbons (Fsp3) is 0.231. The van der Waals surface area contributed by atoms with Crippen LogP contribution in [0.2, 0.25) is 0 Å². The molecule has 0 radical (unpaired) electrons. The van der Waals surface area contributed by atoms with E-state index in [1.807, 2.05) is 42.5 Å². The summed E-state index contributed by atoms with van der Waals surface area (Å²) in [5.41, 5.74) is 1.89. The normalized spacial score (nSPS) is 17.4. The number of anilines is 1. The number of imidazole rings is 1. The molecule has 0 amide bonds. The molecule has 0 saturated carbocycles. The Kier molecular flexibility index (Phi) is 5.81. The van der Waals surface area contributed by atoms with Crippen LogP contribution in [0, 0.1) is 0 Å². The number of allylic oxidation sites excluding steroid dienone is 1. The number of benzene rings is 2. The van der Waals surface area contributed by atoms with E-state index in [1.54, 1.807) is 10.6 Å². The maximum atomic E-state index is 12.3. The second-order valence-electron chi connectivity index (χ2n) is 8.25. The monoisotopic (exact) mass is 455 g/mol. The van der Waals surface area contributed by atoms with E-state index in [1.165, 1.54) is 13.4 Å². The largest absolute Gasteiger partial charge is 0.463 e. The number of nitrogens with one attached hydrogen (secondary N) is 1. The molecule has 1 atom stereocenters. The fourth-order valence-electron chi connectivity index (χ4n) is 4.34. The molecular weight excluding hydrogens is 430 g/mol. The van der Waals surface area contributed by atoms with Crippen LogP contribution in [-0.4, -0.2) is 44.2 Å². The number of esters is 1. The Balaban J connectivity index is 1.55. The van der Waals surface area contributed by atoms with Crippen LogP contribution < -0.4 is 5.32 Å². The average molecular weight is 456 g/mol. The van der Waals surface area contributed by atoms with Crippen LogP contribution in [0.3, 0.4) is 0 Å². The molecule has 2 heterocycles. The molecule has 2 aromatic carbocycles. The van der Waals surface area contributed by atoms with Crippen LogP contribution in [0.25, 0.3) is 11.2 Å². The van der Waals surface area contributed by atoms with Gasteiger partial charge < -0.3 is 15.2 Å². The van der Waals surface area contributed by atoms with E-state index in [0.29, 0.717) is 29.9 Å². The van der Waals surface area contributed by atoms with Gasteiger partial charge in [-0.3, -0.25) is 4.57 Å². The van der Waals surface area contributed by atoms with E-state index < -0.39 is 11.7 Å². The first kappa shape index (κ1) is 21.8. The number of ether oxygens (including phenoxy) is 1. The van der Waals surface area contributed by atoms with Crippen molar-refractivity contribution in [2.24, 2.45) is 0 Å². The highest BCUT2D eigenvalue weighted by Gasteiger charge is 2.32. The van der Waals surface area contributed by atoms with Crippen LogP contribution in [0.15, 0.2) is 79.1 Å². The van der Waals surface area contributed by atoms with Crippen LogP contribution in [0.4, 0.5) is 5.82 Å². The number of carbonyl (C=O) groups excluding carboxylic acids is 1. The number of aromatic nitrogens is 4. The zero-order valence-electron chi connectivity index (χ0n) is 18.8. The van der Waals surface area contributed by atoms with Gasteiger partial charge in [0, 0.05) is 18.9 Å². The summed E-state index contributed by atoms with van der Waals surface area (Å²) in [5, 5.41) is 14.5. The molecule has 8 heteroatoms. The van der Waals surface area contributed by atoms with Gasteiger partial charge in [0.05, 0.1) is 13.4 Å². The minimum Gasteiger partial charge on any atom is -0.463 e. The summed E-state index contributed by atoms with van der Waals surface area (Å²) in [5.74, 6) is -0.306. The molecule has 2 N–H and O–H groups in total. The summed E-state index contributed by atoms with van der Waals surface area (Å²) in [7, 11) is 1.29. The number of methoxy groups -OCH3 is 1. The number of nitrogens with zero attached hydrogens (tertiary/aromatic N) is 4. The standard InChI is InChI=1S/C26H25N5O3/c1-34-25(32)23-29-22(21-24(30-23)31(17-28-21)26(33)14-8-9-15-26)27-16-20(18-10-4-2-5-11-18)19-12-6-3-7-13-19/h2-8,10-14,17,20,33H,9,15-16H2,1H3,(H,27,29,30). The zero-order valence-corrected chi connectivity index (χ0v) is 18.8. The van der Waals surface area contributed by atoms with Gasteiger partial charge in [0.15, 0.2) is 22.7 Å². The van der Waals surface area contributed by atoms with Crippen molar-refractivity contribution in [2.45, 2.75) is 24.5 Å². The second-order valence-corrected chi connectivity index (χ2v) is 8.25. The molecule has 0 bridgehead atoms. The third kappa shape index (κ3) is 4.04. The average Bonchev–Trinajstić information content (AvgIpc) is 3.52. The first-order valence-electron chi connectivity index (χ1n) is 11.2. The summed E-state index contributed by atoms with van der Waals surface area (Å²) >= 11 is 0. The number of hydrogen-bond donors (Lipinski definition) is 2. The summed E-state index contributed by atoms with van der Waals surface area (Å²) in [4.78, 5) is 25.6. The molecular formula is C26H25N5O3. The summed E-state index contributed by atoms with van der Waals surface area (Å²) in [6, 6.07) is 20.4. The third-order valence-electron chi connectivity index (χ3n) is 6.12. The number of fused-ring (bicyclic) bond motifs is 1. The first-order chi connectivity index (χ1) is 16.6. The Labute approximate surface area is 197 Å². The van der Waals surface area contributed by atoms with E-state index in [0.717, 1.165) is 17.5 Å². The Morgan fingerprint density at radius 1 is 1.12 bits per heavy atom. The van der Waals surface area contributed by atoms with Gasteiger partial charge in [-0.2, -0.15) is 0 Å². The highest BCUT2D eigenvalue weighted by atomic mass is 16.5. The Morgan fingerprint density at radius 2 is 1.79 bits per heavy atom. The highest BCUT2D eigenvalue weighted by Crippen LogP contribution is 2.32. The molecule has 0 aliphatic heterocycles. The van der Waals surface area contributed by atoms with Crippen molar-refractivity contribution in [1.82, 2.24) is 19.5 Å². The lowest BCUT2D eigenvalue weighted by molar-refractivity contribution is 0.0170. The Hall–Kier alpha value is -4.04. The molecule has 5 rings (SSSR count). The quantitative estimate of drug-likeness (QED) is 0.322. The van der Waals surface area contributed by atoms with Gasteiger partial charge in [-0.25, -0.2) is 19.7 Å². The first-order valence-corrected chi connectivity index (χ1v) is 11.2. The molecule has 0 spiro atoms. The minimum absolute atomic E-state index is 0.0398. The van der Waals surface area contributed by atoms with Gasteiger partial charge in [0.2, 0.25) is 5.82 Å². The highest BCUT2D eigenvalue weighted by molar-refractivity contribution is 5.91. The number of hydrogen-bond acceptors (Lipinski definition) is 7. The van der Waals surface area contributed by atoms with Gasteiger partial charge in [0.25, 0.3) is 0 Å². The fourth-order valence-corrected chi connectivity index (χ4v) is 4.34. The lowest BCUT2D eigenvalue weighted by atomic mass is 9.91. The predicted molar refractivity (Wildman–Crippen MR) is 128 cm³/mol. The summed E-state index contributed by atoms with van der Waals surface area (Å²) in [6.45, 7) is 0.512. The molecule has 172 valence electrons. The summed E-state index contributed by atoms with van der Waals surface area (Å²) < 4.78 is 6.45. The summed E-state index contributed by atoms with van der Waals surface area (Å²) in [6.07, 6.45) is 6.42. The lowest BCUT2D eigenvalue weighted by Crippen LogP contribution is -2.28. The van der Waals surface area contributed by atoms with Crippen molar-refractivity contribution in [2.75, 3.05) is 19.0 Å². The van der Waals surface area contributed by atoms with Gasteiger partial charge in [-0.15, -0.1) is 0 Å². The maximum absolute atomic E-state index is 12.3. The smallest absolute Gasteiger partial charge is 0.376 e. The van der Waals surface area contributed by atoms with Crippen molar-refractivity contribution >= 4 is 23.0 Å². The number of aliphatic hydroxyl groups is 1. The molecule has 1 aliphatic carbocycles. The number of rotatable bonds is 7. The maximum Gasteiger partial charge on any atom is 0.376 e. The molecule has 8 nitrogen and oxygen atoms in total. The van der Waals surface area contributed by atoms with Gasteiger partial charge in [0.1, 0.15) is 0 Å². The van der Waals surface area contributed by atoms with Crippen LogP contribution in [-0.2, 0) is 10.5 Å². The van der Waals surface area contributed by atoms with Crippen molar-refractivity contribution in [3.05, 3.63) is 96.1 Å². The van der Waals surface area contributed by atoms with E-state index in [2.05, 4.69) is 44.5 Å². The lowest BCUT2D eigenvalue weighted by Gasteiger charge is -2.23. The van der Waals surface area contributed by atoms with Gasteiger partial charge in [-0.05, 0) is 23.6 Å². The molecule has 1 aliphatic rings. The molecule has 2 aromatic heterocycles. The predicted octanol–water partition coefficient (Wildman–Crippen LogP) is 3.85. The number of carbonyl (C=O) groups is 1. The molecule has 4 aromatic rings. The van der Waals surface area contributed by atoms with Crippen molar-refractivity contribution < 1.29 is 14.6 Å². The topological polar surface area (TPSA) is 102 Å². The van der Waals surface area contributed by atoms with Crippen molar-refractivity contribution in [3.8, 4) is 0 Å². The van der Waals surface area contributed by atoms with Crippen molar-refractivity contribution in [3.63, 3.8) is 0 Å². The van der Waals surface area contributed by atoms with Crippen LogP contribution >= 0.6 is 0 Å². The van der Waals surface area contributed by atoms with E-state index in [4.69, 9.17) is 4.74 Å². The van der Waals surface area contributed by atoms with Crippen LogP contribution in [0.1, 0.15) is 40.5 Å². The Bertz CT molecular complexity index is 1300. The van der Waals surface area contributed by atoms with E-state index in [9.17, 15) is 9.90 Å². The molecule has 1 unspecified atom stereocenters. The molecule has 0 fully saturated rings. The van der Waals surface area contributed by atoms with E-state index in [-0.39, 0.29) is 11.7 Å². The van der Waals surface area contributed by atoms with E-state index >= 15 is 0 Å². The third-order valence-corrected chi connectivity index (χ3v) is 6.12. The van der Waals surface area contributed by atoms with Crippen LogP contribution in [0.5, 0.6) is 0 Å². The Morgan fingerprint density at radius 3 is 2.38 bits per heavy atom. The second kappa shape index (κ2) is 9.07. The minimum atomic E-state index is -1.25.